The molecule has 0 fully saturated rings. The normalized spacial score (nSPS) is 11.1. The topological polar surface area (TPSA) is 43.4 Å². The van der Waals surface area contributed by atoms with Gasteiger partial charge in [0.15, 0.2) is 0 Å². The largest absolute Gasteiger partial charge is 0.462 e. The van der Waals surface area contributed by atoms with Crippen LogP contribution < -0.4 is 0 Å². The van der Waals surface area contributed by atoms with Gasteiger partial charge in [-0.1, -0.05) is 57.5 Å². The van der Waals surface area contributed by atoms with Gasteiger partial charge in [-0.3, -0.25) is 4.79 Å². The number of esters is 1. The standard InChI is InChI=1S/C22H25ClO3S/c1-6-26-21(24)19-12-16(13(2)3)11-18(14(4)5)20(19)27-22(25)15-8-7-9-17(23)10-15/h7-14H,6H2,1-5H3. The first-order chi connectivity index (χ1) is 12.7. The van der Waals surface area contributed by atoms with Crippen LogP contribution in [0.4, 0.5) is 0 Å². The monoisotopic (exact) mass is 404 g/mol. The van der Waals surface area contributed by atoms with E-state index in [1.807, 2.05) is 6.07 Å². The van der Waals surface area contributed by atoms with Crippen molar-refractivity contribution in [1.29, 1.82) is 0 Å². The summed E-state index contributed by atoms with van der Waals surface area (Å²) in [7, 11) is 0. The quantitative estimate of drug-likeness (QED) is 0.397. The number of ether oxygens (including phenoxy) is 1. The van der Waals surface area contributed by atoms with Gasteiger partial charge in [0, 0.05) is 15.5 Å². The summed E-state index contributed by atoms with van der Waals surface area (Å²) < 4.78 is 5.26. The van der Waals surface area contributed by atoms with Crippen molar-refractivity contribution in [3.8, 4) is 0 Å². The van der Waals surface area contributed by atoms with Crippen LogP contribution in [0.1, 0.15) is 78.3 Å². The third kappa shape index (κ3) is 5.36. The minimum atomic E-state index is -0.400. The Morgan fingerprint density at radius 3 is 2.33 bits per heavy atom. The van der Waals surface area contributed by atoms with E-state index in [2.05, 4.69) is 33.8 Å². The van der Waals surface area contributed by atoms with Gasteiger partial charge in [-0.2, -0.15) is 0 Å². The van der Waals surface area contributed by atoms with Crippen molar-refractivity contribution in [2.24, 2.45) is 0 Å². The highest BCUT2D eigenvalue weighted by Crippen LogP contribution is 2.37. The van der Waals surface area contributed by atoms with E-state index in [4.69, 9.17) is 16.3 Å². The number of halogens is 1. The molecular formula is C22H25ClO3S. The Hall–Kier alpha value is -1.78. The van der Waals surface area contributed by atoms with Gasteiger partial charge in [0.05, 0.1) is 12.2 Å². The first kappa shape index (κ1) is 21.5. The maximum absolute atomic E-state index is 12.8. The second-order valence-electron chi connectivity index (χ2n) is 6.92. The molecule has 2 aromatic rings. The predicted octanol–water partition coefficient (Wildman–Crippen LogP) is 6.70. The van der Waals surface area contributed by atoms with Crippen LogP contribution >= 0.6 is 23.4 Å². The van der Waals surface area contributed by atoms with E-state index in [0.717, 1.165) is 22.9 Å². The predicted molar refractivity (Wildman–Crippen MR) is 112 cm³/mol. The summed E-state index contributed by atoms with van der Waals surface area (Å²) in [6.45, 7) is 10.3. The lowest BCUT2D eigenvalue weighted by molar-refractivity contribution is 0.0522. The van der Waals surface area contributed by atoms with E-state index >= 15 is 0 Å². The molecule has 0 aliphatic heterocycles. The van der Waals surface area contributed by atoms with Crippen LogP contribution in [0.25, 0.3) is 0 Å². The first-order valence-corrected chi connectivity index (χ1v) is 10.3. The lowest BCUT2D eigenvalue weighted by Crippen LogP contribution is -2.11. The molecule has 3 nitrogen and oxygen atoms in total. The maximum atomic E-state index is 12.8. The molecule has 144 valence electrons. The Bertz CT molecular complexity index is 843. The SMILES string of the molecule is CCOC(=O)c1cc(C(C)C)cc(C(C)C)c1SC(=O)c1cccc(Cl)c1. The number of benzene rings is 2. The third-order valence-corrected chi connectivity index (χ3v) is 5.50. The Kier molecular flexibility index (Phi) is 7.51. The van der Waals surface area contributed by atoms with Gasteiger partial charge in [0.1, 0.15) is 0 Å². The molecule has 0 saturated carbocycles. The van der Waals surface area contributed by atoms with Gasteiger partial charge >= 0.3 is 5.97 Å². The molecule has 0 aromatic heterocycles. The zero-order valence-corrected chi connectivity index (χ0v) is 17.9. The fraction of sp³-hybridized carbons (Fsp3) is 0.364. The zero-order valence-electron chi connectivity index (χ0n) is 16.3. The third-order valence-electron chi connectivity index (χ3n) is 4.18. The van der Waals surface area contributed by atoms with Crippen molar-refractivity contribution >= 4 is 34.4 Å². The maximum Gasteiger partial charge on any atom is 0.339 e. The molecule has 0 amide bonds. The molecule has 0 saturated heterocycles. The summed E-state index contributed by atoms with van der Waals surface area (Å²) in [6.07, 6.45) is 0. The summed E-state index contributed by atoms with van der Waals surface area (Å²) in [6, 6.07) is 10.8. The van der Waals surface area contributed by atoms with Crippen LogP contribution in [0.2, 0.25) is 5.02 Å². The number of hydrogen-bond donors (Lipinski definition) is 0. The van der Waals surface area contributed by atoms with Crippen molar-refractivity contribution in [2.45, 2.75) is 51.3 Å². The number of carbonyl (C=O) groups excluding carboxylic acids is 2. The molecule has 0 aliphatic rings. The van der Waals surface area contributed by atoms with Gasteiger partial charge in [0.25, 0.3) is 0 Å². The summed E-state index contributed by atoms with van der Waals surface area (Å²) in [4.78, 5) is 26.1. The average molecular weight is 405 g/mol. The molecule has 0 radical (unpaired) electrons. The van der Waals surface area contributed by atoms with Crippen molar-refractivity contribution in [3.05, 3.63) is 63.7 Å². The Morgan fingerprint density at radius 1 is 1.07 bits per heavy atom. The van der Waals surface area contributed by atoms with Crippen molar-refractivity contribution in [1.82, 2.24) is 0 Å². The molecule has 0 unspecified atom stereocenters. The summed E-state index contributed by atoms with van der Waals surface area (Å²) in [5.41, 5.74) is 2.99. The van der Waals surface area contributed by atoms with Crippen molar-refractivity contribution < 1.29 is 14.3 Å². The summed E-state index contributed by atoms with van der Waals surface area (Å²) in [5.74, 6) is 0.0215. The molecule has 2 aromatic carbocycles. The highest BCUT2D eigenvalue weighted by atomic mass is 35.5. The Balaban J connectivity index is 2.57. The lowest BCUT2D eigenvalue weighted by atomic mass is 9.93. The van der Waals surface area contributed by atoms with E-state index in [-0.39, 0.29) is 23.6 Å². The van der Waals surface area contributed by atoms with Crippen LogP contribution in [0.15, 0.2) is 41.3 Å². The molecular weight excluding hydrogens is 380 g/mol. The van der Waals surface area contributed by atoms with Crippen LogP contribution in [0, 0.1) is 0 Å². The van der Waals surface area contributed by atoms with Gasteiger partial charge in [-0.25, -0.2) is 4.79 Å². The van der Waals surface area contributed by atoms with Gasteiger partial charge < -0.3 is 4.74 Å². The van der Waals surface area contributed by atoms with Crippen molar-refractivity contribution in [3.63, 3.8) is 0 Å². The number of rotatable bonds is 6. The Morgan fingerprint density at radius 2 is 1.78 bits per heavy atom. The van der Waals surface area contributed by atoms with Crippen LogP contribution in [-0.4, -0.2) is 17.7 Å². The van der Waals surface area contributed by atoms with Crippen molar-refractivity contribution in [2.75, 3.05) is 6.61 Å². The molecule has 2 rings (SSSR count). The second kappa shape index (κ2) is 9.43. The molecule has 0 aliphatic carbocycles. The van der Waals surface area contributed by atoms with Gasteiger partial charge in [-0.15, -0.1) is 0 Å². The average Bonchev–Trinajstić information content (AvgIpc) is 2.61. The first-order valence-electron chi connectivity index (χ1n) is 9.07. The molecule has 0 N–H and O–H groups in total. The molecule has 0 heterocycles. The van der Waals surface area contributed by atoms with E-state index in [1.165, 1.54) is 0 Å². The summed E-state index contributed by atoms with van der Waals surface area (Å²) >= 11 is 7.08. The van der Waals surface area contributed by atoms with E-state index < -0.39 is 5.97 Å². The second-order valence-corrected chi connectivity index (χ2v) is 8.34. The smallest absolute Gasteiger partial charge is 0.339 e. The fourth-order valence-electron chi connectivity index (χ4n) is 2.68. The molecule has 0 atom stereocenters. The van der Waals surface area contributed by atoms with E-state index in [9.17, 15) is 9.59 Å². The number of carbonyl (C=O) groups is 2. The van der Waals surface area contributed by atoms with E-state index in [0.29, 0.717) is 21.0 Å². The van der Waals surface area contributed by atoms with E-state index in [1.54, 1.807) is 31.2 Å². The van der Waals surface area contributed by atoms with Crippen LogP contribution in [-0.2, 0) is 4.74 Å². The molecule has 0 spiro atoms. The highest BCUT2D eigenvalue weighted by Gasteiger charge is 2.23. The highest BCUT2D eigenvalue weighted by molar-refractivity contribution is 8.14. The number of thioether (sulfide) groups is 1. The van der Waals surface area contributed by atoms with Crippen LogP contribution in [0.3, 0.4) is 0 Å². The van der Waals surface area contributed by atoms with Crippen LogP contribution in [0.5, 0.6) is 0 Å². The minimum absolute atomic E-state index is 0.151. The zero-order chi connectivity index (χ0) is 20.1. The Labute approximate surface area is 170 Å². The van der Waals surface area contributed by atoms with Gasteiger partial charge in [-0.05, 0) is 59.8 Å². The lowest BCUT2D eigenvalue weighted by Gasteiger charge is -2.19. The van der Waals surface area contributed by atoms with Gasteiger partial charge in [0.2, 0.25) is 5.12 Å². The summed E-state index contributed by atoms with van der Waals surface area (Å²) in [5, 5.41) is 0.355. The fourth-order valence-corrected chi connectivity index (χ4v) is 3.96. The molecule has 5 heteroatoms. The number of hydrogen-bond acceptors (Lipinski definition) is 4. The molecule has 0 bridgehead atoms. The molecule has 27 heavy (non-hydrogen) atoms. The minimum Gasteiger partial charge on any atom is -0.462 e.